The molecule has 1 nitrogen and oxygen atoms in total. The van der Waals surface area contributed by atoms with Crippen LogP contribution in [-0.2, 0) is 0 Å². The van der Waals surface area contributed by atoms with Crippen LogP contribution in [0.3, 0.4) is 0 Å². The van der Waals surface area contributed by atoms with Gasteiger partial charge in [0.15, 0.2) is 12.4 Å². The number of rotatable bonds is 2. The zero-order chi connectivity index (χ0) is 10.5. The number of aromatic amines is 1. The molecule has 2 aromatic rings. The van der Waals surface area contributed by atoms with Gasteiger partial charge >= 0.3 is 0 Å². The fourth-order valence-electron chi connectivity index (χ4n) is 1.38. The average Bonchev–Trinajstić information content (AvgIpc) is 2.30. The molecule has 0 saturated heterocycles. The SMILES string of the molecule is Cc1ccc(/C=C/c2cc[nH+]cc2)cc1.[Cl-]. The van der Waals surface area contributed by atoms with Crippen LogP contribution in [0.4, 0.5) is 0 Å². The van der Waals surface area contributed by atoms with Crippen LogP contribution in [0, 0.1) is 6.92 Å². The maximum absolute atomic E-state index is 3.00. The molecule has 0 aliphatic heterocycles. The predicted octanol–water partition coefficient (Wildman–Crippen LogP) is -0.0165. The standard InChI is InChI=1S/C14H13N.ClH/c1-12-2-4-13(5-3-12)6-7-14-8-10-15-11-9-14;/h2-11H,1H3;1H/b7-6+;. The second-order valence-electron chi connectivity index (χ2n) is 3.58. The fraction of sp³-hybridized carbons (Fsp3) is 0.0714. The highest BCUT2D eigenvalue weighted by Crippen LogP contribution is 2.08. The Morgan fingerprint density at radius 3 is 1.88 bits per heavy atom. The second kappa shape index (κ2) is 6.09. The van der Waals surface area contributed by atoms with Gasteiger partial charge in [-0.3, -0.25) is 0 Å². The van der Waals surface area contributed by atoms with Gasteiger partial charge in [-0.2, -0.15) is 0 Å². The molecule has 2 rings (SSSR count). The molecule has 1 N–H and O–H groups in total. The lowest BCUT2D eigenvalue weighted by Crippen LogP contribution is -3.00. The molecule has 1 aromatic carbocycles. The van der Waals surface area contributed by atoms with E-state index in [9.17, 15) is 0 Å². The Morgan fingerprint density at radius 1 is 0.812 bits per heavy atom. The molecule has 0 atom stereocenters. The quantitative estimate of drug-likeness (QED) is 0.690. The minimum absolute atomic E-state index is 0. The van der Waals surface area contributed by atoms with Gasteiger partial charge in [0, 0.05) is 12.1 Å². The Morgan fingerprint density at radius 2 is 1.31 bits per heavy atom. The Labute approximate surface area is 102 Å². The summed E-state index contributed by atoms with van der Waals surface area (Å²) in [5.41, 5.74) is 3.73. The second-order valence-corrected chi connectivity index (χ2v) is 3.58. The molecule has 0 spiro atoms. The van der Waals surface area contributed by atoms with E-state index >= 15 is 0 Å². The fourth-order valence-corrected chi connectivity index (χ4v) is 1.38. The monoisotopic (exact) mass is 231 g/mol. The van der Waals surface area contributed by atoms with Crippen molar-refractivity contribution in [3.05, 3.63) is 65.5 Å². The highest BCUT2D eigenvalue weighted by molar-refractivity contribution is 5.69. The summed E-state index contributed by atoms with van der Waals surface area (Å²) in [6.45, 7) is 2.10. The van der Waals surface area contributed by atoms with Gasteiger partial charge in [-0.05, 0) is 18.1 Å². The van der Waals surface area contributed by atoms with E-state index < -0.39 is 0 Å². The molecular formula is C14H14ClN. The van der Waals surface area contributed by atoms with Crippen molar-refractivity contribution >= 4 is 12.2 Å². The van der Waals surface area contributed by atoms with E-state index in [1.165, 1.54) is 16.7 Å². The number of halogens is 1. The molecular weight excluding hydrogens is 218 g/mol. The van der Waals surface area contributed by atoms with Gasteiger partial charge in [-0.15, -0.1) is 0 Å². The summed E-state index contributed by atoms with van der Waals surface area (Å²) in [4.78, 5) is 3.00. The minimum Gasteiger partial charge on any atom is -1.00 e. The molecule has 2 heteroatoms. The van der Waals surface area contributed by atoms with Crippen LogP contribution < -0.4 is 17.4 Å². The molecule has 0 saturated carbocycles. The molecule has 16 heavy (non-hydrogen) atoms. The number of benzene rings is 1. The summed E-state index contributed by atoms with van der Waals surface area (Å²) in [5.74, 6) is 0. The summed E-state index contributed by atoms with van der Waals surface area (Å²) in [6, 6.07) is 12.6. The van der Waals surface area contributed by atoms with Crippen molar-refractivity contribution in [2.24, 2.45) is 0 Å². The number of aromatic nitrogens is 1. The molecule has 0 aliphatic rings. The Bertz CT molecular complexity index is 446. The lowest BCUT2D eigenvalue weighted by Gasteiger charge is -1.94. The van der Waals surface area contributed by atoms with Gasteiger partial charge in [0.1, 0.15) is 0 Å². The Kier molecular flexibility index (Phi) is 4.74. The van der Waals surface area contributed by atoms with E-state index in [1.807, 2.05) is 24.5 Å². The normalized spacial score (nSPS) is 10.1. The number of nitrogens with one attached hydrogen (secondary N) is 1. The van der Waals surface area contributed by atoms with Crippen molar-refractivity contribution in [3.8, 4) is 0 Å². The number of aryl methyl sites for hydroxylation is 1. The predicted molar refractivity (Wildman–Crippen MR) is 63.1 cm³/mol. The summed E-state index contributed by atoms with van der Waals surface area (Å²) < 4.78 is 0. The van der Waals surface area contributed by atoms with E-state index in [0.717, 1.165) is 0 Å². The molecule has 1 heterocycles. The van der Waals surface area contributed by atoms with Gasteiger partial charge in [-0.1, -0.05) is 42.0 Å². The van der Waals surface area contributed by atoms with E-state index in [0.29, 0.717) is 0 Å². The Hall–Kier alpha value is -1.60. The number of hydrogen-bond donors (Lipinski definition) is 0. The van der Waals surface area contributed by atoms with Crippen molar-refractivity contribution < 1.29 is 17.4 Å². The van der Waals surface area contributed by atoms with E-state index in [4.69, 9.17) is 0 Å². The largest absolute Gasteiger partial charge is 1.00 e. The maximum Gasteiger partial charge on any atom is 0.167 e. The van der Waals surface area contributed by atoms with Gasteiger partial charge < -0.3 is 12.4 Å². The maximum atomic E-state index is 3.00. The summed E-state index contributed by atoms with van der Waals surface area (Å²) in [7, 11) is 0. The molecule has 0 aliphatic carbocycles. The van der Waals surface area contributed by atoms with Crippen molar-refractivity contribution in [1.29, 1.82) is 0 Å². The molecule has 0 fully saturated rings. The van der Waals surface area contributed by atoms with E-state index in [1.54, 1.807) is 0 Å². The van der Waals surface area contributed by atoms with Crippen LogP contribution in [0.5, 0.6) is 0 Å². The van der Waals surface area contributed by atoms with Crippen LogP contribution in [0.15, 0.2) is 48.8 Å². The first-order chi connectivity index (χ1) is 7.34. The number of H-pyrrole nitrogens is 1. The van der Waals surface area contributed by atoms with Crippen LogP contribution in [-0.4, -0.2) is 0 Å². The molecule has 0 bridgehead atoms. The smallest absolute Gasteiger partial charge is 0.167 e. The molecule has 82 valence electrons. The van der Waals surface area contributed by atoms with Crippen molar-refractivity contribution in [3.63, 3.8) is 0 Å². The van der Waals surface area contributed by atoms with E-state index in [2.05, 4.69) is 48.3 Å². The van der Waals surface area contributed by atoms with Crippen LogP contribution in [0.25, 0.3) is 12.2 Å². The summed E-state index contributed by atoms with van der Waals surface area (Å²) >= 11 is 0. The van der Waals surface area contributed by atoms with Gasteiger partial charge in [0.2, 0.25) is 0 Å². The van der Waals surface area contributed by atoms with Gasteiger partial charge in [-0.25, -0.2) is 4.98 Å². The minimum atomic E-state index is 0. The molecule has 0 radical (unpaired) electrons. The zero-order valence-corrected chi connectivity index (χ0v) is 9.91. The zero-order valence-electron chi connectivity index (χ0n) is 9.15. The van der Waals surface area contributed by atoms with E-state index in [-0.39, 0.29) is 12.4 Å². The van der Waals surface area contributed by atoms with Gasteiger partial charge in [0.05, 0.1) is 0 Å². The Balaban J connectivity index is 0.00000128. The van der Waals surface area contributed by atoms with Crippen LogP contribution in [0.1, 0.15) is 16.7 Å². The molecule has 0 amide bonds. The van der Waals surface area contributed by atoms with Crippen molar-refractivity contribution in [2.45, 2.75) is 6.92 Å². The highest BCUT2D eigenvalue weighted by Gasteiger charge is 1.88. The average molecular weight is 232 g/mol. The topological polar surface area (TPSA) is 14.1 Å². The number of pyridine rings is 1. The number of hydrogen-bond acceptors (Lipinski definition) is 0. The third kappa shape index (κ3) is 3.52. The van der Waals surface area contributed by atoms with Gasteiger partial charge in [0.25, 0.3) is 0 Å². The summed E-state index contributed by atoms with van der Waals surface area (Å²) in [6.07, 6.45) is 8.08. The third-order valence-corrected chi connectivity index (χ3v) is 2.29. The molecule has 0 unspecified atom stereocenters. The first-order valence-electron chi connectivity index (χ1n) is 5.05. The summed E-state index contributed by atoms with van der Waals surface area (Å²) in [5, 5.41) is 0. The lowest BCUT2D eigenvalue weighted by atomic mass is 10.1. The lowest BCUT2D eigenvalue weighted by molar-refractivity contribution is -0.378. The van der Waals surface area contributed by atoms with Crippen molar-refractivity contribution in [2.75, 3.05) is 0 Å². The van der Waals surface area contributed by atoms with Crippen LogP contribution >= 0.6 is 0 Å². The molecule has 1 aromatic heterocycles. The van der Waals surface area contributed by atoms with Crippen LogP contribution in [0.2, 0.25) is 0 Å². The first kappa shape index (κ1) is 12.5. The first-order valence-corrected chi connectivity index (χ1v) is 5.05. The van der Waals surface area contributed by atoms with Crippen molar-refractivity contribution in [1.82, 2.24) is 0 Å². The highest BCUT2D eigenvalue weighted by atomic mass is 35.5. The third-order valence-electron chi connectivity index (χ3n) is 2.29.